The Morgan fingerprint density at radius 2 is 2.07 bits per heavy atom. The summed E-state index contributed by atoms with van der Waals surface area (Å²) in [6.07, 6.45) is 5.28. The van der Waals surface area contributed by atoms with Crippen LogP contribution in [0.3, 0.4) is 0 Å². The number of ether oxygens (including phenoxy) is 1. The molecule has 3 N–H and O–H groups in total. The minimum Gasteiger partial charge on any atom is -0.494 e. The number of carbonyl (C=O) groups is 1. The van der Waals surface area contributed by atoms with E-state index < -0.39 is 0 Å². The van der Waals surface area contributed by atoms with Crippen LogP contribution in [0.4, 0.5) is 5.13 Å². The van der Waals surface area contributed by atoms with Crippen molar-refractivity contribution in [3.63, 3.8) is 0 Å². The van der Waals surface area contributed by atoms with Crippen molar-refractivity contribution in [2.45, 2.75) is 32.6 Å². The van der Waals surface area contributed by atoms with Crippen LogP contribution in [-0.4, -0.2) is 23.7 Å². The predicted molar refractivity (Wildman–Crippen MR) is 115 cm³/mol. The lowest BCUT2D eigenvalue weighted by Gasteiger charge is -2.05. The fourth-order valence-electron chi connectivity index (χ4n) is 2.69. The second kappa shape index (κ2) is 9.85. The smallest absolute Gasteiger partial charge is 0.244 e. The topological polar surface area (TPSA) is 89.6 Å². The molecule has 1 aromatic heterocycles. The second-order valence-electron chi connectivity index (χ2n) is 6.45. The van der Waals surface area contributed by atoms with E-state index in [-0.39, 0.29) is 12.3 Å². The molecule has 6 nitrogen and oxygen atoms in total. The van der Waals surface area contributed by atoms with Gasteiger partial charge in [0.2, 0.25) is 5.91 Å². The number of anilines is 1. The number of amides is 1. The molecule has 28 heavy (non-hydrogen) atoms. The number of nitrogen functional groups attached to an aromatic ring is 1. The molecule has 0 radical (unpaired) electrons. The lowest BCUT2D eigenvalue weighted by atomic mass is 10.1. The summed E-state index contributed by atoms with van der Waals surface area (Å²) in [5.74, 6) is 0.667. The third kappa shape index (κ3) is 5.79. The highest BCUT2D eigenvalue weighted by Gasteiger charge is 2.06. The molecule has 0 bridgehead atoms. The summed E-state index contributed by atoms with van der Waals surface area (Å²) in [7, 11) is 0. The van der Waals surface area contributed by atoms with Gasteiger partial charge in [-0.25, -0.2) is 10.4 Å². The molecule has 0 aliphatic rings. The van der Waals surface area contributed by atoms with Crippen molar-refractivity contribution < 1.29 is 9.53 Å². The molecule has 0 spiro atoms. The Morgan fingerprint density at radius 3 is 2.86 bits per heavy atom. The predicted octanol–water partition coefficient (Wildman–Crippen LogP) is 4.14. The quantitative estimate of drug-likeness (QED) is 0.323. The molecule has 1 amide bonds. The van der Waals surface area contributed by atoms with E-state index in [0.29, 0.717) is 5.13 Å². The van der Waals surface area contributed by atoms with Gasteiger partial charge >= 0.3 is 0 Å². The van der Waals surface area contributed by atoms with Crippen LogP contribution in [0.2, 0.25) is 0 Å². The van der Waals surface area contributed by atoms with Crippen molar-refractivity contribution >= 4 is 38.8 Å². The second-order valence-corrected chi connectivity index (χ2v) is 7.51. The van der Waals surface area contributed by atoms with Crippen LogP contribution in [0.5, 0.6) is 5.75 Å². The number of thiazole rings is 1. The molecule has 3 rings (SSSR count). The maximum absolute atomic E-state index is 12.1. The van der Waals surface area contributed by atoms with Gasteiger partial charge < -0.3 is 10.5 Å². The van der Waals surface area contributed by atoms with E-state index in [4.69, 9.17) is 10.5 Å². The Kier molecular flexibility index (Phi) is 6.97. The maximum atomic E-state index is 12.1. The van der Waals surface area contributed by atoms with E-state index in [1.807, 2.05) is 42.5 Å². The standard InChI is InChI=1S/C21H24N4O2S/c1-2-3-4-11-27-17-8-5-15(6-9-17)14-23-25-20(26)13-16-7-10-18-19(12-16)28-21(22)24-18/h5-10,12,14H,2-4,11,13H2,1H3,(H2,22,24)(H,25,26)/b23-14-. The first kappa shape index (κ1) is 19.8. The number of hydrogen-bond acceptors (Lipinski definition) is 6. The van der Waals surface area contributed by atoms with Crippen molar-refractivity contribution in [1.82, 2.24) is 10.4 Å². The van der Waals surface area contributed by atoms with Gasteiger partial charge in [0.1, 0.15) is 5.75 Å². The van der Waals surface area contributed by atoms with Gasteiger partial charge in [-0.15, -0.1) is 0 Å². The van der Waals surface area contributed by atoms with Crippen molar-refractivity contribution in [2.75, 3.05) is 12.3 Å². The zero-order valence-electron chi connectivity index (χ0n) is 15.9. The third-order valence-electron chi connectivity index (χ3n) is 4.13. The summed E-state index contributed by atoms with van der Waals surface area (Å²) in [5, 5.41) is 4.55. The van der Waals surface area contributed by atoms with Gasteiger partial charge in [0.05, 0.1) is 29.5 Å². The summed E-state index contributed by atoms with van der Waals surface area (Å²) in [6.45, 7) is 2.90. The number of carbonyl (C=O) groups excluding carboxylic acids is 1. The number of nitrogens with two attached hydrogens (primary N) is 1. The van der Waals surface area contributed by atoms with Crippen LogP contribution in [0, 0.1) is 0 Å². The average Bonchev–Trinajstić information content (AvgIpc) is 3.06. The van der Waals surface area contributed by atoms with Crippen molar-refractivity contribution in [1.29, 1.82) is 0 Å². The SMILES string of the molecule is CCCCCOc1ccc(/C=N\NC(=O)Cc2ccc3nc(N)sc3c2)cc1. The van der Waals surface area contributed by atoms with E-state index in [9.17, 15) is 4.79 Å². The number of aromatic nitrogens is 1. The molecule has 7 heteroatoms. The van der Waals surface area contributed by atoms with Crippen LogP contribution in [-0.2, 0) is 11.2 Å². The van der Waals surface area contributed by atoms with Gasteiger partial charge in [-0.1, -0.05) is 37.2 Å². The molecule has 146 valence electrons. The molecule has 3 aromatic rings. The fourth-order valence-corrected chi connectivity index (χ4v) is 3.49. The molecule has 1 heterocycles. The maximum Gasteiger partial charge on any atom is 0.244 e. The highest BCUT2D eigenvalue weighted by Crippen LogP contribution is 2.24. The number of nitrogens with zero attached hydrogens (tertiary/aromatic N) is 2. The zero-order chi connectivity index (χ0) is 19.8. The summed E-state index contributed by atoms with van der Waals surface area (Å²) in [6, 6.07) is 13.3. The van der Waals surface area contributed by atoms with Crippen LogP contribution < -0.4 is 15.9 Å². The van der Waals surface area contributed by atoms with Gasteiger partial charge in [0.15, 0.2) is 5.13 Å². The van der Waals surface area contributed by atoms with Gasteiger partial charge in [0, 0.05) is 0 Å². The Morgan fingerprint density at radius 1 is 1.25 bits per heavy atom. The van der Waals surface area contributed by atoms with Crippen LogP contribution in [0.25, 0.3) is 10.2 Å². The van der Waals surface area contributed by atoms with E-state index in [1.54, 1.807) is 6.21 Å². The first-order valence-electron chi connectivity index (χ1n) is 9.34. The van der Waals surface area contributed by atoms with E-state index in [2.05, 4.69) is 22.4 Å². The monoisotopic (exact) mass is 396 g/mol. The lowest BCUT2D eigenvalue weighted by Crippen LogP contribution is -2.19. The molecule has 0 fully saturated rings. The van der Waals surface area contributed by atoms with Gasteiger partial charge in [0.25, 0.3) is 0 Å². The molecular weight excluding hydrogens is 372 g/mol. The van der Waals surface area contributed by atoms with E-state index in [0.717, 1.165) is 40.1 Å². The molecule has 0 atom stereocenters. The van der Waals surface area contributed by atoms with Crippen molar-refractivity contribution in [3.8, 4) is 5.75 Å². The number of unbranched alkanes of at least 4 members (excludes halogenated alkanes) is 2. The number of nitrogens with one attached hydrogen (secondary N) is 1. The minimum atomic E-state index is -0.177. The largest absolute Gasteiger partial charge is 0.494 e. The Labute approximate surface area is 168 Å². The van der Waals surface area contributed by atoms with Crippen molar-refractivity contribution in [3.05, 3.63) is 53.6 Å². The minimum absolute atomic E-state index is 0.177. The first-order chi connectivity index (χ1) is 13.6. The molecule has 2 aromatic carbocycles. The van der Waals surface area contributed by atoms with Gasteiger partial charge in [-0.3, -0.25) is 4.79 Å². The van der Waals surface area contributed by atoms with Crippen LogP contribution >= 0.6 is 11.3 Å². The molecule has 0 saturated carbocycles. The first-order valence-corrected chi connectivity index (χ1v) is 10.2. The Hall–Kier alpha value is -2.93. The van der Waals surface area contributed by atoms with Gasteiger partial charge in [-0.05, 0) is 53.9 Å². The van der Waals surface area contributed by atoms with E-state index >= 15 is 0 Å². The van der Waals surface area contributed by atoms with Crippen LogP contribution in [0.15, 0.2) is 47.6 Å². The molecule has 0 aliphatic heterocycles. The number of hydrazone groups is 1. The van der Waals surface area contributed by atoms with E-state index in [1.165, 1.54) is 24.2 Å². The highest BCUT2D eigenvalue weighted by molar-refractivity contribution is 7.22. The molecule has 0 aliphatic carbocycles. The summed E-state index contributed by atoms with van der Waals surface area (Å²) in [5.41, 5.74) is 10.9. The summed E-state index contributed by atoms with van der Waals surface area (Å²) >= 11 is 1.41. The summed E-state index contributed by atoms with van der Waals surface area (Å²) < 4.78 is 6.65. The Bertz CT molecular complexity index is 951. The van der Waals surface area contributed by atoms with Crippen molar-refractivity contribution in [2.24, 2.45) is 5.10 Å². The summed E-state index contributed by atoms with van der Waals surface area (Å²) in [4.78, 5) is 16.3. The fraction of sp³-hybridized carbons (Fsp3) is 0.286. The normalized spacial score (nSPS) is 11.2. The molecule has 0 unspecified atom stereocenters. The number of fused-ring (bicyclic) bond motifs is 1. The number of benzene rings is 2. The molecular formula is C21H24N4O2S. The lowest BCUT2D eigenvalue weighted by molar-refractivity contribution is -0.120. The Balaban J connectivity index is 1.47. The average molecular weight is 397 g/mol. The van der Waals surface area contributed by atoms with Crippen LogP contribution in [0.1, 0.15) is 37.3 Å². The zero-order valence-corrected chi connectivity index (χ0v) is 16.7. The third-order valence-corrected chi connectivity index (χ3v) is 4.98. The molecule has 0 saturated heterocycles. The highest BCUT2D eigenvalue weighted by atomic mass is 32.1. The number of rotatable bonds is 9. The number of hydrogen-bond donors (Lipinski definition) is 2. The van der Waals surface area contributed by atoms with Gasteiger partial charge in [-0.2, -0.15) is 5.10 Å².